The number of nitrogens with two attached hydrogens (primary N) is 1. The van der Waals surface area contributed by atoms with E-state index in [1.807, 2.05) is 0 Å². The van der Waals surface area contributed by atoms with Crippen LogP contribution in [0.5, 0.6) is 0 Å². The molecular weight excluding hydrogens is 517 g/mol. The minimum absolute atomic E-state index is 0.169. The van der Waals surface area contributed by atoms with Crippen LogP contribution in [-0.2, 0) is 9.09 Å². The van der Waals surface area contributed by atoms with E-state index in [-0.39, 0.29) is 6.61 Å². The number of hydrogen-bond donors (Lipinski definition) is 3. The summed E-state index contributed by atoms with van der Waals surface area (Å²) in [5, 5.41) is 0. The molecule has 0 rings (SSSR count). The van der Waals surface area contributed by atoms with Gasteiger partial charge in [0.1, 0.15) is 0 Å². The van der Waals surface area contributed by atoms with Gasteiger partial charge in [-0.1, -0.05) is 194 Å². The quantitative estimate of drug-likeness (QED) is 0.0534. The Morgan fingerprint density at radius 2 is 0.650 bits per heavy atom. The SMILES string of the molecule is CCCCCCCCCCCCCCCCCCN.CCCCCCCCCCCCCCCCOP(=O)(O)O. The lowest BCUT2D eigenvalue weighted by molar-refractivity contribution is 0.193. The molecule has 0 spiro atoms. The number of phosphoric ester groups is 1. The molecule has 0 saturated carbocycles. The van der Waals surface area contributed by atoms with Crippen molar-refractivity contribution < 1.29 is 18.9 Å². The van der Waals surface area contributed by atoms with Crippen LogP contribution in [0.4, 0.5) is 0 Å². The van der Waals surface area contributed by atoms with Gasteiger partial charge in [0.2, 0.25) is 0 Å². The molecule has 0 amide bonds. The van der Waals surface area contributed by atoms with E-state index in [1.54, 1.807) is 0 Å². The van der Waals surface area contributed by atoms with Crippen molar-refractivity contribution in [3.05, 3.63) is 0 Å². The fraction of sp³-hybridized carbons (Fsp3) is 1.00. The largest absolute Gasteiger partial charge is 0.469 e. The Labute approximate surface area is 251 Å². The maximum Gasteiger partial charge on any atom is 0.469 e. The number of phosphoric acid groups is 1. The zero-order chi connectivity index (χ0) is 29.8. The number of rotatable bonds is 32. The van der Waals surface area contributed by atoms with Crippen molar-refractivity contribution in [2.75, 3.05) is 13.2 Å². The van der Waals surface area contributed by atoms with Gasteiger partial charge in [0, 0.05) is 0 Å². The van der Waals surface area contributed by atoms with Crippen LogP contribution < -0.4 is 5.73 Å². The molecule has 0 radical (unpaired) electrons. The molecule has 0 aromatic rings. The third-order valence-corrected chi connectivity index (χ3v) is 8.33. The Morgan fingerprint density at radius 3 is 0.875 bits per heavy atom. The molecule has 0 aliphatic rings. The zero-order valence-corrected chi connectivity index (χ0v) is 28.3. The van der Waals surface area contributed by atoms with Crippen molar-refractivity contribution in [2.24, 2.45) is 5.73 Å². The van der Waals surface area contributed by atoms with Gasteiger partial charge in [-0.15, -0.1) is 0 Å². The van der Waals surface area contributed by atoms with Gasteiger partial charge in [-0.25, -0.2) is 4.57 Å². The third-order valence-electron chi connectivity index (χ3n) is 7.82. The average Bonchev–Trinajstić information content (AvgIpc) is 2.93. The van der Waals surface area contributed by atoms with Crippen molar-refractivity contribution in [1.82, 2.24) is 0 Å². The average molecular weight is 592 g/mol. The van der Waals surface area contributed by atoms with Crippen molar-refractivity contribution in [3.63, 3.8) is 0 Å². The zero-order valence-electron chi connectivity index (χ0n) is 27.4. The molecule has 0 atom stereocenters. The highest BCUT2D eigenvalue weighted by Gasteiger charge is 2.12. The topological polar surface area (TPSA) is 92.8 Å². The minimum Gasteiger partial charge on any atom is -0.330 e. The van der Waals surface area contributed by atoms with E-state index < -0.39 is 7.82 Å². The van der Waals surface area contributed by atoms with E-state index in [0.29, 0.717) is 0 Å². The summed E-state index contributed by atoms with van der Waals surface area (Å²) in [6, 6.07) is 0. The molecule has 40 heavy (non-hydrogen) atoms. The van der Waals surface area contributed by atoms with Crippen LogP contribution in [0.25, 0.3) is 0 Å². The Kier molecular flexibility index (Phi) is 39.1. The van der Waals surface area contributed by atoms with Gasteiger partial charge < -0.3 is 15.5 Å². The van der Waals surface area contributed by atoms with Crippen LogP contribution in [0, 0.1) is 0 Å². The summed E-state index contributed by atoms with van der Waals surface area (Å²) in [5.41, 5.74) is 5.48. The van der Waals surface area contributed by atoms with Crippen LogP contribution >= 0.6 is 7.82 Å². The van der Waals surface area contributed by atoms with E-state index in [4.69, 9.17) is 15.5 Å². The van der Waals surface area contributed by atoms with E-state index in [2.05, 4.69) is 18.4 Å². The van der Waals surface area contributed by atoms with E-state index in [1.165, 1.54) is 173 Å². The number of unbranched alkanes of at least 4 members (excludes halogenated alkanes) is 28. The van der Waals surface area contributed by atoms with Gasteiger partial charge in [0.15, 0.2) is 0 Å². The van der Waals surface area contributed by atoms with E-state index in [0.717, 1.165) is 25.8 Å². The Morgan fingerprint density at radius 1 is 0.425 bits per heavy atom. The summed E-state index contributed by atoms with van der Waals surface area (Å²) < 4.78 is 14.8. The van der Waals surface area contributed by atoms with Gasteiger partial charge in [-0.3, -0.25) is 4.52 Å². The molecular formula is C34H74NO4P. The van der Waals surface area contributed by atoms with Crippen molar-refractivity contribution in [3.8, 4) is 0 Å². The predicted octanol–water partition coefficient (Wildman–Crippen LogP) is 11.8. The Balaban J connectivity index is 0. The monoisotopic (exact) mass is 592 g/mol. The van der Waals surface area contributed by atoms with Crippen LogP contribution in [-0.4, -0.2) is 22.9 Å². The van der Waals surface area contributed by atoms with Crippen LogP contribution in [0.2, 0.25) is 0 Å². The fourth-order valence-electron chi connectivity index (χ4n) is 5.17. The summed E-state index contributed by atoms with van der Waals surface area (Å²) in [5.74, 6) is 0. The maximum absolute atomic E-state index is 10.4. The molecule has 0 bridgehead atoms. The maximum atomic E-state index is 10.4. The first kappa shape index (κ1) is 42.2. The molecule has 0 unspecified atom stereocenters. The van der Waals surface area contributed by atoms with Crippen LogP contribution in [0.1, 0.15) is 206 Å². The van der Waals surface area contributed by atoms with Gasteiger partial charge in [0.05, 0.1) is 6.61 Å². The standard InChI is InChI=1S/C18H39N.C16H35O4P/c1-2-3-4-5-6-7-8-9-10-11-12-13-14-15-16-17-18-19;1-2-3-4-5-6-7-8-9-10-11-12-13-14-15-16-20-21(17,18)19/h2-19H2,1H3;2-16H2,1H3,(H2,17,18,19). The molecule has 0 saturated heterocycles. The molecule has 244 valence electrons. The summed E-state index contributed by atoms with van der Waals surface area (Å²) in [4.78, 5) is 17.0. The molecule has 6 heteroatoms. The summed E-state index contributed by atoms with van der Waals surface area (Å²) in [6.07, 6.45) is 40.6. The van der Waals surface area contributed by atoms with Gasteiger partial charge in [-0.05, 0) is 19.4 Å². The summed E-state index contributed by atoms with van der Waals surface area (Å²) >= 11 is 0. The number of hydrogen-bond acceptors (Lipinski definition) is 3. The molecule has 0 aromatic heterocycles. The highest BCUT2D eigenvalue weighted by atomic mass is 31.2. The molecule has 0 fully saturated rings. The highest BCUT2D eigenvalue weighted by Crippen LogP contribution is 2.35. The lowest BCUT2D eigenvalue weighted by Gasteiger charge is -2.05. The first-order valence-electron chi connectivity index (χ1n) is 17.9. The predicted molar refractivity (Wildman–Crippen MR) is 177 cm³/mol. The van der Waals surface area contributed by atoms with E-state index in [9.17, 15) is 4.57 Å². The first-order valence-corrected chi connectivity index (χ1v) is 19.4. The van der Waals surface area contributed by atoms with Crippen molar-refractivity contribution in [1.29, 1.82) is 0 Å². The summed E-state index contributed by atoms with van der Waals surface area (Å²) in [7, 11) is -4.25. The molecule has 0 aromatic carbocycles. The molecule has 4 N–H and O–H groups in total. The molecule has 0 heterocycles. The fourth-order valence-corrected chi connectivity index (χ4v) is 5.54. The normalized spacial score (nSPS) is 11.5. The smallest absolute Gasteiger partial charge is 0.330 e. The molecule has 5 nitrogen and oxygen atoms in total. The van der Waals surface area contributed by atoms with Crippen molar-refractivity contribution >= 4 is 7.82 Å². The lowest BCUT2D eigenvalue weighted by Crippen LogP contribution is -1.97. The summed E-state index contributed by atoms with van der Waals surface area (Å²) in [6.45, 7) is 5.59. The second kappa shape index (κ2) is 37.1. The highest BCUT2D eigenvalue weighted by molar-refractivity contribution is 7.46. The third kappa shape index (κ3) is 45.1. The first-order chi connectivity index (χ1) is 19.5. The van der Waals surface area contributed by atoms with Gasteiger partial charge in [-0.2, -0.15) is 0 Å². The van der Waals surface area contributed by atoms with Crippen molar-refractivity contribution in [2.45, 2.75) is 206 Å². The van der Waals surface area contributed by atoms with Gasteiger partial charge in [0.25, 0.3) is 0 Å². The van der Waals surface area contributed by atoms with E-state index >= 15 is 0 Å². The van der Waals surface area contributed by atoms with Crippen LogP contribution in [0.15, 0.2) is 0 Å². The molecule has 0 aliphatic heterocycles. The molecule has 0 aliphatic carbocycles. The van der Waals surface area contributed by atoms with Gasteiger partial charge >= 0.3 is 7.82 Å². The Bertz CT molecular complexity index is 471. The second-order valence-electron chi connectivity index (χ2n) is 12.0. The Hall–Kier alpha value is 0.0700. The minimum atomic E-state index is -4.25. The lowest BCUT2D eigenvalue weighted by atomic mass is 10.0. The van der Waals surface area contributed by atoms with Crippen LogP contribution in [0.3, 0.4) is 0 Å². The second-order valence-corrected chi connectivity index (χ2v) is 13.3.